The second-order valence-corrected chi connectivity index (χ2v) is 5.42. The van der Waals surface area contributed by atoms with Crippen LogP contribution >= 0.6 is 0 Å². The first-order valence-electron chi connectivity index (χ1n) is 7.29. The van der Waals surface area contributed by atoms with Gasteiger partial charge < -0.3 is 9.52 Å². The Kier molecular flexibility index (Phi) is 3.03. The monoisotopic (exact) mass is 299 g/mol. The highest BCUT2D eigenvalue weighted by atomic mass is 16.3. The summed E-state index contributed by atoms with van der Waals surface area (Å²) < 4.78 is 5.85. The molecule has 0 amide bonds. The average Bonchev–Trinajstić information content (AvgIpc) is 2.97. The molecule has 3 nitrogen and oxygen atoms in total. The molecule has 110 valence electrons. The summed E-state index contributed by atoms with van der Waals surface area (Å²) in [6.07, 6.45) is 5.85. The summed E-state index contributed by atoms with van der Waals surface area (Å²) in [7, 11) is 0. The Morgan fingerprint density at radius 3 is 2.61 bits per heavy atom. The maximum Gasteiger partial charge on any atom is 0.231 e. The van der Waals surface area contributed by atoms with Gasteiger partial charge in [-0.2, -0.15) is 0 Å². The number of rotatable bonds is 2. The van der Waals surface area contributed by atoms with Crippen molar-refractivity contribution in [3.8, 4) is 29.5 Å². The van der Waals surface area contributed by atoms with Crippen LogP contribution in [0.1, 0.15) is 5.56 Å². The minimum Gasteiger partial charge on any atom is -0.507 e. The fourth-order valence-corrected chi connectivity index (χ4v) is 2.71. The normalized spacial score (nSPS) is 10.9. The van der Waals surface area contributed by atoms with Crippen molar-refractivity contribution in [1.82, 2.24) is 4.98 Å². The molecule has 0 aliphatic heterocycles. The molecular formula is C20H13NO2. The van der Waals surface area contributed by atoms with Crippen LogP contribution in [0.5, 0.6) is 5.75 Å². The maximum atomic E-state index is 10.1. The molecule has 1 heterocycles. The van der Waals surface area contributed by atoms with Crippen LogP contribution < -0.4 is 0 Å². The topological polar surface area (TPSA) is 46.3 Å². The van der Waals surface area contributed by atoms with Gasteiger partial charge in [0.1, 0.15) is 11.3 Å². The highest BCUT2D eigenvalue weighted by Gasteiger charge is 2.13. The van der Waals surface area contributed by atoms with E-state index in [1.807, 2.05) is 42.5 Å². The van der Waals surface area contributed by atoms with Gasteiger partial charge in [-0.1, -0.05) is 30.3 Å². The van der Waals surface area contributed by atoms with Gasteiger partial charge in [0.2, 0.25) is 5.89 Å². The van der Waals surface area contributed by atoms with Crippen LogP contribution in [0.3, 0.4) is 0 Å². The summed E-state index contributed by atoms with van der Waals surface area (Å²) in [6.45, 7) is 0. The number of aromatic hydroxyl groups is 1. The lowest BCUT2D eigenvalue weighted by Gasteiger charge is -2.02. The molecule has 0 aliphatic carbocycles. The molecule has 1 aromatic heterocycles. The SMILES string of the molecule is C#CCc1ccc(O)c(-c2nc3cc4ccccc4cc3o2)c1. The van der Waals surface area contributed by atoms with Gasteiger partial charge in [-0.25, -0.2) is 4.98 Å². The largest absolute Gasteiger partial charge is 0.507 e. The van der Waals surface area contributed by atoms with Crippen molar-refractivity contribution in [3.63, 3.8) is 0 Å². The first-order chi connectivity index (χ1) is 11.2. The molecule has 1 N–H and O–H groups in total. The zero-order valence-electron chi connectivity index (χ0n) is 12.3. The summed E-state index contributed by atoms with van der Waals surface area (Å²) in [6, 6.07) is 17.2. The van der Waals surface area contributed by atoms with Crippen molar-refractivity contribution < 1.29 is 9.52 Å². The minimum absolute atomic E-state index is 0.127. The molecular weight excluding hydrogens is 286 g/mol. The van der Waals surface area contributed by atoms with E-state index >= 15 is 0 Å². The number of hydrogen-bond acceptors (Lipinski definition) is 3. The smallest absolute Gasteiger partial charge is 0.231 e. The molecule has 0 fully saturated rings. The second kappa shape index (κ2) is 5.19. The molecule has 3 aromatic carbocycles. The van der Waals surface area contributed by atoms with Gasteiger partial charge in [0, 0.05) is 6.42 Å². The number of benzene rings is 3. The fourth-order valence-electron chi connectivity index (χ4n) is 2.71. The summed E-state index contributed by atoms with van der Waals surface area (Å²) >= 11 is 0. The van der Waals surface area contributed by atoms with Crippen molar-refractivity contribution in [2.24, 2.45) is 0 Å². The summed E-state index contributed by atoms with van der Waals surface area (Å²) in [5, 5.41) is 12.3. The summed E-state index contributed by atoms with van der Waals surface area (Å²) in [4.78, 5) is 4.52. The van der Waals surface area contributed by atoms with Crippen molar-refractivity contribution in [2.45, 2.75) is 6.42 Å². The van der Waals surface area contributed by atoms with Gasteiger partial charge in [0.05, 0.1) is 5.56 Å². The molecule has 4 aromatic rings. The number of oxazole rings is 1. The molecule has 0 atom stereocenters. The first kappa shape index (κ1) is 13.4. The summed E-state index contributed by atoms with van der Waals surface area (Å²) in [5.41, 5.74) is 2.95. The van der Waals surface area contributed by atoms with E-state index in [-0.39, 0.29) is 5.75 Å². The van der Waals surface area contributed by atoms with Crippen molar-refractivity contribution in [2.75, 3.05) is 0 Å². The van der Waals surface area contributed by atoms with Gasteiger partial charge in [-0.3, -0.25) is 0 Å². The third kappa shape index (κ3) is 2.31. The molecule has 0 saturated heterocycles. The Morgan fingerprint density at radius 2 is 1.83 bits per heavy atom. The molecule has 0 radical (unpaired) electrons. The molecule has 0 unspecified atom stereocenters. The lowest BCUT2D eigenvalue weighted by atomic mass is 10.1. The van der Waals surface area contributed by atoms with Gasteiger partial charge in [0.25, 0.3) is 0 Å². The Morgan fingerprint density at radius 1 is 1.04 bits per heavy atom. The zero-order valence-corrected chi connectivity index (χ0v) is 12.3. The molecule has 4 rings (SSSR count). The van der Waals surface area contributed by atoms with E-state index in [2.05, 4.69) is 10.9 Å². The van der Waals surface area contributed by atoms with E-state index < -0.39 is 0 Å². The number of nitrogens with zero attached hydrogens (tertiary/aromatic N) is 1. The summed E-state index contributed by atoms with van der Waals surface area (Å²) in [5.74, 6) is 3.12. The molecule has 23 heavy (non-hydrogen) atoms. The van der Waals surface area contributed by atoms with E-state index in [4.69, 9.17) is 10.8 Å². The van der Waals surface area contributed by atoms with Crippen LogP contribution in [0.2, 0.25) is 0 Å². The number of phenolic OH excluding ortho intramolecular Hbond substituents is 1. The van der Waals surface area contributed by atoms with Gasteiger partial charge in [-0.05, 0) is 40.6 Å². The Balaban J connectivity index is 1.91. The van der Waals surface area contributed by atoms with Crippen molar-refractivity contribution in [3.05, 3.63) is 60.2 Å². The number of aromatic nitrogens is 1. The van der Waals surface area contributed by atoms with E-state index in [0.29, 0.717) is 23.5 Å². The number of hydrogen-bond donors (Lipinski definition) is 1. The number of terminal acetylenes is 1. The molecule has 3 heteroatoms. The van der Waals surface area contributed by atoms with Crippen LogP contribution in [-0.2, 0) is 6.42 Å². The second-order valence-electron chi connectivity index (χ2n) is 5.42. The van der Waals surface area contributed by atoms with Crippen LogP contribution in [0, 0.1) is 12.3 Å². The highest BCUT2D eigenvalue weighted by Crippen LogP contribution is 2.33. The minimum atomic E-state index is 0.127. The predicted molar refractivity (Wildman–Crippen MR) is 91.2 cm³/mol. The molecule has 0 spiro atoms. The van der Waals surface area contributed by atoms with E-state index in [9.17, 15) is 5.11 Å². The molecule has 0 bridgehead atoms. The van der Waals surface area contributed by atoms with Crippen LogP contribution in [0.4, 0.5) is 0 Å². The zero-order chi connectivity index (χ0) is 15.8. The van der Waals surface area contributed by atoms with Crippen LogP contribution in [0.15, 0.2) is 59.0 Å². The lowest BCUT2D eigenvalue weighted by Crippen LogP contribution is -1.85. The Bertz CT molecular complexity index is 1020. The van der Waals surface area contributed by atoms with Gasteiger partial charge in [-0.15, -0.1) is 12.3 Å². The third-order valence-electron chi connectivity index (χ3n) is 3.85. The predicted octanol–water partition coefficient (Wildman–Crippen LogP) is 4.53. The molecule has 0 saturated carbocycles. The Hall–Kier alpha value is -3.25. The lowest BCUT2D eigenvalue weighted by molar-refractivity contribution is 0.474. The van der Waals surface area contributed by atoms with Crippen molar-refractivity contribution >= 4 is 21.9 Å². The Labute approximate surface area is 133 Å². The maximum absolute atomic E-state index is 10.1. The number of phenols is 1. The third-order valence-corrected chi connectivity index (χ3v) is 3.85. The first-order valence-corrected chi connectivity index (χ1v) is 7.29. The average molecular weight is 299 g/mol. The quantitative estimate of drug-likeness (QED) is 0.553. The number of fused-ring (bicyclic) bond motifs is 2. The van der Waals surface area contributed by atoms with Gasteiger partial charge >= 0.3 is 0 Å². The molecule has 0 aliphatic rings. The van der Waals surface area contributed by atoms with E-state index in [1.54, 1.807) is 12.1 Å². The fraction of sp³-hybridized carbons (Fsp3) is 0.0500. The standard InChI is InChI=1S/C20H13NO2/c1-2-5-13-8-9-18(22)16(10-13)20-21-17-11-14-6-3-4-7-15(14)12-19(17)23-20/h1,3-4,6-12,22H,5H2. The van der Waals surface area contributed by atoms with Crippen LogP contribution in [0.25, 0.3) is 33.3 Å². The van der Waals surface area contributed by atoms with Crippen molar-refractivity contribution in [1.29, 1.82) is 0 Å². The van der Waals surface area contributed by atoms with Gasteiger partial charge in [0.15, 0.2) is 5.58 Å². The highest BCUT2D eigenvalue weighted by molar-refractivity contribution is 5.95. The van der Waals surface area contributed by atoms with E-state index in [0.717, 1.165) is 21.9 Å². The van der Waals surface area contributed by atoms with Crippen LogP contribution in [-0.4, -0.2) is 10.1 Å². The van der Waals surface area contributed by atoms with E-state index in [1.165, 1.54) is 0 Å².